The average Bonchev–Trinajstić information content (AvgIpc) is 2.67. The molecule has 0 saturated carbocycles. The lowest BCUT2D eigenvalue weighted by Gasteiger charge is -2.19. The fourth-order valence-electron chi connectivity index (χ4n) is 2.40. The Morgan fingerprint density at radius 2 is 2.26 bits per heavy atom. The number of nitrogens with zero attached hydrogens (tertiary/aromatic N) is 2. The van der Waals surface area contributed by atoms with Crippen molar-refractivity contribution in [3.63, 3.8) is 0 Å². The van der Waals surface area contributed by atoms with Gasteiger partial charge in [0.2, 0.25) is 0 Å². The van der Waals surface area contributed by atoms with Crippen LogP contribution in [-0.4, -0.2) is 45.6 Å². The van der Waals surface area contributed by atoms with Crippen molar-refractivity contribution in [2.24, 2.45) is 0 Å². The second-order valence-corrected chi connectivity index (χ2v) is 6.06. The zero-order valence-corrected chi connectivity index (χ0v) is 11.8. The number of H-pyrrole nitrogens is 1. The van der Waals surface area contributed by atoms with Crippen LogP contribution >= 0.6 is 11.8 Å². The van der Waals surface area contributed by atoms with Crippen LogP contribution in [0, 0.1) is 6.92 Å². The Morgan fingerprint density at radius 1 is 1.37 bits per heavy atom. The van der Waals surface area contributed by atoms with Crippen LogP contribution in [0.2, 0.25) is 0 Å². The zero-order chi connectivity index (χ0) is 13.2. The Kier molecular flexibility index (Phi) is 3.46. The molecule has 5 heteroatoms. The molecule has 1 aliphatic heterocycles. The fraction of sp³-hybridized carbons (Fsp3) is 0.429. The number of aryl methyl sites for hydroxylation is 1. The van der Waals surface area contributed by atoms with Crippen molar-refractivity contribution in [3.8, 4) is 0 Å². The Labute approximate surface area is 116 Å². The van der Waals surface area contributed by atoms with Crippen molar-refractivity contribution in [3.05, 3.63) is 29.5 Å². The molecule has 100 valence electrons. The van der Waals surface area contributed by atoms with Gasteiger partial charge in [-0.25, -0.2) is 0 Å². The summed E-state index contributed by atoms with van der Waals surface area (Å²) in [5.41, 5.74) is 2.69. The summed E-state index contributed by atoms with van der Waals surface area (Å²) in [4.78, 5) is 14.5. The minimum atomic E-state index is 0.144. The van der Waals surface area contributed by atoms with Crippen LogP contribution in [0.1, 0.15) is 22.5 Å². The summed E-state index contributed by atoms with van der Waals surface area (Å²) in [6, 6.07) is 5.75. The van der Waals surface area contributed by atoms with Crippen LogP contribution in [0.4, 0.5) is 0 Å². The third kappa shape index (κ3) is 2.47. The molecule has 4 nitrogen and oxygen atoms in total. The maximum atomic E-state index is 12.5. The van der Waals surface area contributed by atoms with Crippen molar-refractivity contribution < 1.29 is 4.79 Å². The Morgan fingerprint density at radius 3 is 3.16 bits per heavy atom. The molecule has 0 bridgehead atoms. The Hall–Kier alpha value is -1.49. The van der Waals surface area contributed by atoms with Crippen LogP contribution in [0.25, 0.3) is 10.9 Å². The van der Waals surface area contributed by atoms with Crippen molar-refractivity contribution in [1.29, 1.82) is 0 Å². The van der Waals surface area contributed by atoms with Gasteiger partial charge in [0.1, 0.15) is 0 Å². The minimum Gasteiger partial charge on any atom is -0.338 e. The number of nitrogens with one attached hydrogen (secondary N) is 1. The molecule has 19 heavy (non-hydrogen) atoms. The predicted octanol–water partition coefficient (Wildman–Crippen LogP) is 2.45. The molecule has 1 amide bonds. The van der Waals surface area contributed by atoms with E-state index in [0.29, 0.717) is 0 Å². The number of rotatable bonds is 1. The molecule has 1 aromatic heterocycles. The van der Waals surface area contributed by atoms with E-state index in [4.69, 9.17) is 0 Å². The molecule has 3 rings (SSSR count). The van der Waals surface area contributed by atoms with Gasteiger partial charge in [0, 0.05) is 35.5 Å². The third-order valence-electron chi connectivity index (χ3n) is 3.50. The molecular weight excluding hydrogens is 258 g/mol. The molecule has 0 spiro atoms. The summed E-state index contributed by atoms with van der Waals surface area (Å²) in [5, 5.41) is 8.18. The van der Waals surface area contributed by atoms with E-state index >= 15 is 0 Å². The van der Waals surface area contributed by atoms with E-state index in [1.54, 1.807) is 0 Å². The van der Waals surface area contributed by atoms with Gasteiger partial charge in [-0.3, -0.25) is 9.89 Å². The summed E-state index contributed by atoms with van der Waals surface area (Å²) in [6.45, 7) is 3.70. The number of aromatic nitrogens is 2. The summed E-state index contributed by atoms with van der Waals surface area (Å²) >= 11 is 1.93. The molecule has 1 fully saturated rings. The van der Waals surface area contributed by atoms with Crippen molar-refractivity contribution in [2.75, 3.05) is 24.6 Å². The minimum absolute atomic E-state index is 0.144. The zero-order valence-electron chi connectivity index (χ0n) is 11.0. The van der Waals surface area contributed by atoms with E-state index in [0.717, 1.165) is 53.2 Å². The van der Waals surface area contributed by atoms with Gasteiger partial charge in [-0.2, -0.15) is 16.9 Å². The number of carbonyl (C=O) groups is 1. The van der Waals surface area contributed by atoms with E-state index in [2.05, 4.69) is 10.2 Å². The lowest BCUT2D eigenvalue weighted by Crippen LogP contribution is -2.32. The number of hydrogen-bond acceptors (Lipinski definition) is 3. The smallest absolute Gasteiger partial charge is 0.253 e. The number of hydrogen-bond donors (Lipinski definition) is 1. The van der Waals surface area contributed by atoms with Gasteiger partial charge in [-0.1, -0.05) is 0 Å². The van der Waals surface area contributed by atoms with Gasteiger partial charge < -0.3 is 4.90 Å². The first-order valence-corrected chi connectivity index (χ1v) is 7.73. The number of fused-ring (bicyclic) bond motifs is 1. The third-order valence-corrected chi connectivity index (χ3v) is 4.55. The second kappa shape index (κ2) is 5.25. The largest absolute Gasteiger partial charge is 0.338 e. The first-order valence-electron chi connectivity index (χ1n) is 6.57. The highest BCUT2D eigenvalue weighted by Crippen LogP contribution is 2.19. The number of thioether (sulfide) groups is 1. The highest BCUT2D eigenvalue weighted by Gasteiger charge is 2.18. The molecule has 1 aromatic carbocycles. The molecule has 0 unspecified atom stereocenters. The van der Waals surface area contributed by atoms with Crippen molar-refractivity contribution in [1.82, 2.24) is 15.1 Å². The average molecular weight is 275 g/mol. The van der Waals surface area contributed by atoms with Crippen LogP contribution in [0.15, 0.2) is 18.2 Å². The van der Waals surface area contributed by atoms with E-state index in [1.165, 1.54) is 0 Å². The normalized spacial score (nSPS) is 16.6. The maximum absolute atomic E-state index is 12.5. The molecule has 1 aliphatic rings. The number of aromatic amines is 1. The van der Waals surface area contributed by atoms with Gasteiger partial charge >= 0.3 is 0 Å². The maximum Gasteiger partial charge on any atom is 0.253 e. The SMILES string of the molecule is Cc1[nH]nc2ccc(C(=O)N3CCCSCC3)cc12. The molecular formula is C14H17N3OS. The summed E-state index contributed by atoms with van der Waals surface area (Å²) in [5.74, 6) is 2.34. The highest BCUT2D eigenvalue weighted by atomic mass is 32.2. The van der Waals surface area contributed by atoms with Gasteiger partial charge in [0.05, 0.1) is 5.52 Å². The standard InChI is InChI=1S/C14H17N3OS/c1-10-12-9-11(3-4-13(12)16-15-10)14(18)17-5-2-7-19-8-6-17/h3-4,9H,2,5-8H2,1H3,(H,15,16). The van der Waals surface area contributed by atoms with Crippen LogP contribution < -0.4 is 0 Å². The number of benzene rings is 1. The first-order chi connectivity index (χ1) is 9.25. The molecule has 1 N–H and O–H groups in total. The quantitative estimate of drug-likeness (QED) is 0.869. The van der Waals surface area contributed by atoms with Crippen LogP contribution in [0.5, 0.6) is 0 Å². The fourth-order valence-corrected chi connectivity index (χ4v) is 3.29. The molecule has 2 heterocycles. The van der Waals surface area contributed by atoms with Crippen molar-refractivity contribution >= 4 is 28.6 Å². The second-order valence-electron chi connectivity index (χ2n) is 4.84. The number of amides is 1. The van der Waals surface area contributed by atoms with Gasteiger partial charge in [0.25, 0.3) is 5.91 Å². The summed E-state index contributed by atoms with van der Waals surface area (Å²) in [7, 11) is 0. The number of carbonyl (C=O) groups excluding carboxylic acids is 1. The topological polar surface area (TPSA) is 49.0 Å². The molecule has 1 saturated heterocycles. The Balaban J connectivity index is 1.89. The van der Waals surface area contributed by atoms with Crippen LogP contribution in [0.3, 0.4) is 0 Å². The monoisotopic (exact) mass is 275 g/mol. The molecule has 0 aliphatic carbocycles. The molecule has 0 atom stereocenters. The summed E-state index contributed by atoms with van der Waals surface area (Å²) in [6.07, 6.45) is 1.09. The van der Waals surface area contributed by atoms with Crippen LogP contribution in [-0.2, 0) is 0 Å². The lowest BCUT2D eigenvalue weighted by molar-refractivity contribution is 0.0768. The van der Waals surface area contributed by atoms with Gasteiger partial charge in [0.15, 0.2) is 0 Å². The van der Waals surface area contributed by atoms with Gasteiger partial charge in [-0.15, -0.1) is 0 Å². The molecule has 2 aromatic rings. The highest BCUT2D eigenvalue weighted by molar-refractivity contribution is 7.99. The van der Waals surface area contributed by atoms with E-state index in [1.807, 2.05) is 41.8 Å². The van der Waals surface area contributed by atoms with E-state index in [9.17, 15) is 4.79 Å². The van der Waals surface area contributed by atoms with E-state index in [-0.39, 0.29) is 5.91 Å². The molecule has 0 radical (unpaired) electrons. The summed E-state index contributed by atoms with van der Waals surface area (Å²) < 4.78 is 0. The van der Waals surface area contributed by atoms with Gasteiger partial charge in [-0.05, 0) is 37.3 Å². The first kappa shape index (κ1) is 12.5. The Bertz CT molecular complexity index is 600. The lowest BCUT2D eigenvalue weighted by atomic mass is 10.1. The van der Waals surface area contributed by atoms with Crippen molar-refractivity contribution in [2.45, 2.75) is 13.3 Å². The predicted molar refractivity (Wildman–Crippen MR) is 78.7 cm³/mol. The van der Waals surface area contributed by atoms with E-state index < -0.39 is 0 Å².